The van der Waals surface area contributed by atoms with E-state index in [2.05, 4.69) is 18.7 Å². The van der Waals surface area contributed by atoms with Gasteiger partial charge in [0.2, 0.25) is 0 Å². The van der Waals surface area contributed by atoms with Crippen molar-refractivity contribution in [3.05, 3.63) is 35.6 Å². The molecule has 1 aromatic carbocycles. The highest BCUT2D eigenvalue weighted by Gasteiger charge is 2.27. The van der Waals surface area contributed by atoms with Crippen LogP contribution in [0, 0.1) is 11.7 Å². The van der Waals surface area contributed by atoms with Crippen molar-refractivity contribution in [2.45, 2.75) is 45.2 Å². The van der Waals surface area contributed by atoms with Crippen LogP contribution in [-0.4, -0.2) is 30.1 Å². The molecule has 19 heavy (non-hydrogen) atoms. The standard InChI is InChI=1S/C16H25FN2/c1-3-12(2)19-10-14(9-16(18)11-19)7-13-5-4-6-15(17)8-13/h4-6,8,12,14,16H,3,7,9-11,18H2,1-2H3. The van der Waals surface area contributed by atoms with Crippen molar-refractivity contribution in [3.63, 3.8) is 0 Å². The number of nitrogens with zero attached hydrogens (tertiary/aromatic N) is 1. The predicted molar refractivity (Wildman–Crippen MR) is 77.5 cm³/mol. The Morgan fingerprint density at radius 2 is 2.21 bits per heavy atom. The Kier molecular flexibility index (Phi) is 4.94. The molecule has 0 saturated carbocycles. The molecule has 1 saturated heterocycles. The molecule has 0 radical (unpaired) electrons. The Morgan fingerprint density at radius 3 is 2.89 bits per heavy atom. The SMILES string of the molecule is CCC(C)N1CC(N)CC(Cc2cccc(F)c2)C1. The highest BCUT2D eigenvalue weighted by Crippen LogP contribution is 2.22. The Hall–Kier alpha value is -0.930. The van der Waals surface area contributed by atoms with Gasteiger partial charge < -0.3 is 5.73 Å². The van der Waals surface area contributed by atoms with Crippen LogP contribution in [0.2, 0.25) is 0 Å². The third-order valence-corrected chi connectivity index (χ3v) is 4.23. The molecule has 1 aliphatic heterocycles. The zero-order chi connectivity index (χ0) is 13.8. The van der Waals surface area contributed by atoms with E-state index >= 15 is 0 Å². The van der Waals surface area contributed by atoms with E-state index in [1.165, 1.54) is 6.07 Å². The van der Waals surface area contributed by atoms with Gasteiger partial charge in [0, 0.05) is 25.2 Å². The molecule has 2 nitrogen and oxygen atoms in total. The first-order valence-corrected chi connectivity index (χ1v) is 7.32. The summed E-state index contributed by atoms with van der Waals surface area (Å²) in [5.41, 5.74) is 7.26. The quantitative estimate of drug-likeness (QED) is 0.906. The summed E-state index contributed by atoms with van der Waals surface area (Å²) in [7, 11) is 0. The first kappa shape index (κ1) is 14.5. The van der Waals surface area contributed by atoms with Crippen LogP contribution in [0.1, 0.15) is 32.3 Å². The number of halogens is 1. The molecule has 1 heterocycles. The molecule has 0 aliphatic carbocycles. The van der Waals surface area contributed by atoms with Crippen molar-refractivity contribution in [2.24, 2.45) is 11.7 Å². The molecule has 0 amide bonds. The summed E-state index contributed by atoms with van der Waals surface area (Å²) in [4.78, 5) is 2.48. The van der Waals surface area contributed by atoms with E-state index in [1.54, 1.807) is 12.1 Å². The molecule has 106 valence electrons. The maximum atomic E-state index is 13.2. The summed E-state index contributed by atoms with van der Waals surface area (Å²) < 4.78 is 13.2. The van der Waals surface area contributed by atoms with E-state index in [9.17, 15) is 4.39 Å². The molecule has 1 aromatic rings. The summed E-state index contributed by atoms with van der Waals surface area (Å²) >= 11 is 0. The first-order chi connectivity index (χ1) is 9.08. The minimum Gasteiger partial charge on any atom is -0.327 e. The number of hydrogen-bond acceptors (Lipinski definition) is 2. The topological polar surface area (TPSA) is 29.3 Å². The number of rotatable bonds is 4. The second-order valence-corrected chi connectivity index (χ2v) is 5.91. The molecule has 0 spiro atoms. The summed E-state index contributed by atoms with van der Waals surface area (Å²) in [6.07, 6.45) is 3.13. The fourth-order valence-electron chi connectivity index (χ4n) is 3.05. The minimum absolute atomic E-state index is 0.142. The lowest BCUT2D eigenvalue weighted by Gasteiger charge is -2.39. The van der Waals surface area contributed by atoms with E-state index in [-0.39, 0.29) is 11.9 Å². The van der Waals surface area contributed by atoms with Crippen LogP contribution in [0.4, 0.5) is 4.39 Å². The molecule has 2 N–H and O–H groups in total. The van der Waals surface area contributed by atoms with Gasteiger partial charge in [-0.2, -0.15) is 0 Å². The van der Waals surface area contributed by atoms with Gasteiger partial charge in [0.15, 0.2) is 0 Å². The number of hydrogen-bond donors (Lipinski definition) is 1. The fraction of sp³-hybridized carbons (Fsp3) is 0.625. The molecular weight excluding hydrogens is 239 g/mol. The number of piperidine rings is 1. The summed E-state index contributed by atoms with van der Waals surface area (Å²) in [5.74, 6) is 0.399. The van der Waals surface area contributed by atoms with Gasteiger partial charge in [-0.05, 0) is 49.8 Å². The van der Waals surface area contributed by atoms with Gasteiger partial charge in [-0.1, -0.05) is 19.1 Å². The Morgan fingerprint density at radius 1 is 1.42 bits per heavy atom. The van der Waals surface area contributed by atoms with Crippen LogP contribution in [0.15, 0.2) is 24.3 Å². The molecule has 3 heteroatoms. The molecule has 1 fully saturated rings. The van der Waals surface area contributed by atoms with Crippen LogP contribution in [-0.2, 0) is 6.42 Å². The third-order valence-electron chi connectivity index (χ3n) is 4.23. The van der Waals surface area contributed by atoms with Crippen LogP contribution < -0.4 is 5.73 Å². The van der Waals surface area contributed by atoms with Crippen LogP contribution in [0.25, 0.3) is 0 Å². The average Bonchev–Trinajstić information content (AvgIpc) is 2.37. The summed E-state index contributed by atoms with van der Waals surface area (Å²) in [6.45, 7) is 6.55. The molecular formula is C16H25FN2. The van der Waals surface area contributed by atoms with Crippen LogP contribution in [0.3, 0.4) is 0 Å². The van der Waals surface area contributed by atoms with Crippen LogP contribution in [0.5, 0.6) is 0 Å². The maximum Gasteiger partial charge on any atom is 0.123 e. The van der Waals surface area contributed by atoms with E-state index in [0.29, 0.717) is 12.0 Å². The van der Waals surface area contributed by atoms with Crippen LogP contribution >= 0.6 is 0 Å². The number of benzene rings is 1. The van der Waals surface area contributed by atoms with Gasteiger partial charge in [0.1, 0.15) is 5.82 Å². The molecule has 2 rings (SSSR count). The summed E-state index contributed by atoms with van der Waals surface area (Å²) in [6, 6.07) is 7.79. The van der Waals surface area contributed by atoms with Gasteiger partial charge >= 0.3 is 0 Å². The third kappa shape index (κ3) is 4.02. The number of likely N-dealkylation sites (tertiary alicyclic amines) is 1. The smallest absolute Gasteiger partial charge is 0.123 e. The second-order valence-electron chi connectivity index (χ2n) is 5.91. The molecule has 1 aliphatic rings. The van der Waals surface area contributed by atoms with Crippen molar-refractivity contribution < 1.29 is 4.39 Å². The lowest BCUT2D eigenvalue weighted by atomic mass is 9.88. The van der Waals surface area contributed by atoms with Crippen molar-refractivity contribution in [3.8, 4) is 0 Å². The van der Waals surface area contributed by atoms with E-state index < -0.39 is 0 Å². The zero-order valence-corrected chi connectivity index (χ0v) is 12.0. The van der Waals surface area contributed by atoms with E-state index in [1.807, 2.05) is 6.07 Å². The molecule has 3 atom stereocenters. The molecule has 0 bridgehead atoms. The average molecular weight is 264 g/mol. The first-order valence-electron chi connectivity index (χ1n) is 7.32. The predicted octanol–water partition coefficient (Wildman–Crippen LogP) is 2.82. The highest BCUT2D eigenvalue weighted by atomic mass is 19.1. The Balaban J connectivity index is 1.99. The summed E-state index contributed by atoms with van der Waals surface area (Å²) in [5, 5.41) is 0. The number of nitrogens with two attached hydrogens (primary N) is 1. The molecule has 0 aromatic heterocycles. The fourth-order valence-corrected chi connectivity index (χ4v) is 3.05. The Labute approximate surface area is 115 Å². The van der Waals surface area contributed by atoms with E-state index in [0.717, 1.165) is 37.9 Å². The van der Waals surface area contributed by atoms with Crippen molar-refractivity contribution >= 4 is 0 Å². The lowest BCUT2D eigenvalue weighted by Crippen LogP contribution is -2.50. The van der Waals surface area contributed by atoms with Gasteiger partial charge in [-0.15, -0.1) is 0 Å². The highest BCUT2D eigenvalue weighted by molar-refractivity contribution is 5.17. The van der Waals surface area contributed by atoms with Gasteiger partial charge in [-0.3, -0.25) is 4.90 Å². The monoisotopic (exact) mass is 264 g/mol. The largest absolute Gasteiger partial charge is 0.327 e. The van der Waals surface area contributed by atoms with Crippen molar-refractivity contribution in [1.29, 1.82) is 0 Å². The zero-order valence-electron chi connectivity index (χ0n) is 12.0. The van der Waals surface area contributed by atoms with E-state index in [4.69, 9.17) is 5.73 Å². The lowest BCUT2D eigenvalue weighted by molar-refractivity contribution is 0.114. The van der Waals surface area contributed by atoms with Crippen molar-refractivity contribution in [1.82, 2.24) is 4.90 Å². The molecule has 3 unspecified atom stereocenters. The van der Waals surface area contributed by atoms with Gasteiger partial charge in [0.05, 0.1) is 0 Å². The van der Waals surface area contributed by atoms with Crippen molar-refractivity contribution in [2.75, 3.05) is 13.1 Å². The van der Waals surface area contributed by atoms with Gasteiger partial charge in [0.25, 0.3) is 0 Å². The maximum absolute atomic E-state index is 13.2. The minimum atomic E-state index is -0.142. The normalized spacial score (nSPS) is 26.3. The Bertz CT molecular complexity index is 407. The second kappa shape index (κ2) is 6.49. The van der Waals surface area contributed by atoms with Gasteiger partial charge in [-0.25, -0.2) is 4.39 Å².